The van der Waals surface area contributed by atoms with Crippen LogP contribution in [0.3, 0.4) is 0 Å². The summed E-state index contributed by atoms with van der Waals surface area (Å²) in [6.07, 6.45) is 1.55. The molecular formula is C16H19N3O4. The molecule has 0 bridgehead atoms. The quantitative estimate of drug-likeness (QED) is 0.813. The molecule has 23 heavy (non-hydrogen) atoms. The molecule has 0 radical (unpaired) electrons. The summed E-state index contributed by atoms with van der Waals surface area (Å²) in [5.41, 5.74) is 1.17. The highest BCUT2D eigenvalue weighted by atomic mass is 16.5. The highest BCUT2D eigenvalue weighted by molar-refractivity contribution is 5.92. The van der Waals surface area contributed by atoms with Crippen molar-refractivity contribution in [2.24, 2.45) is 0 Å². The fourth-order valence-corrected chi connectivity index (χ4v) is 2.08. The van der Waals surface area contributed by atoms with E-state index < -0.39 is 5.97 Å². The van der Waals surface area contributed by atoms with Gasteiger partial charge in [-0.2, -0.15) is 5.10 Å². The van der Waals surface area contributed by atoms with Crippen LogP contribution in [0.4, 0.5) is 0 Å². The van der Waals surface area contributed by atoms with Gasteiger partial charge in [-0.3, -0.25) is 14.3 Å². The fourth-order valence-electron chi connectivity index (χ4n) is 2.08. The van der Waals surface area contributed by atoms with Gasteiger partial charge >= 0.3 is 5.97 Å². The van der Waals surface area contributed by atoms with Crippen molar-refractivity contribution >= 4 is 11.9 Å². The van der Waals surface area contributed by atoms with Gasteiger partial charge in [0, 0.05) is 6.20 Å². The van der Waals surface area contributed by atoms with Crippen molar-refractivity contribution in [3.8, 4) is 5.75 Å². The van der Waals surface area contributed by atoms with E-state index in [1.165, 1.54) is 4.68 Å². The van der Waals surface area contributed by atoms with Gasteiger partial charge in [0.25, 0.3) is 5.91 Å². The van der Waals surface area contributed by atoms with Gasteiger partial charge in [0.1, 0.15) is 11.4 Å². The summed E-state index contributed by atoms with van der Waals surface area (Å²) in [6.45, 7) is 2.10. The van der Waals surface area contributed by atoms with Crippen LogP contribution in [0, 0.1) is 0 Å². The Morgan fingerprint density at radius 3 is 2.87 bits per heavy atom. The number of ether oxygens (including phenoxy) is 1. The van der Waals surface area contributed by atoms with E-state index in [2.05, 4.69) is 10.4 Å². The van der Waals surface area contributed by atoms with Gasteiger partial charge < -0.3 is 15.2 Å². The minimum atomic E-state index is -0.904. The summed E-state index contributed by atoms with van der Waals surface area (Å²) in [4.78, 5) is 22.7. The average molecular weight is 317 g/mol. The third kappa shape index (κ3) is 4.57. The number of aryl methyl sites for hydroxylation is 1. The van der Waals surface area contributed by atoms with Crippen molar-refractivity contribution in [1.82, 2.24) is 15.1 Å². The van der Waals surface area contributed by atoms with E-state index >= 15 is 0 Å². The smallest absolute Gasteiger partial charge is 0.305 e. The lowest BCUT2D eigenvalue weighted by Crippen LogP contribution is -2.27. The summed E-state index contributed by atoms with van der Waals surface area (Å²) in [6, 6.07) is 8.81. The van der Waals surface area contributed by atoms with E-state index in [0.717, 1.165) is 11.3 Å². The predicted octanol–water partition coefficient (Wildman–Crippen LogP) is 1.86. The highest BCUT2D eigenvalue weighted by Crippen LogP contribution is 2.19. The summed E-state index contributed by atoms with van der Waals surface area (Å²) in [5, 5.41) is 15.6. The molecule has 1 atom stereocenters. The molecule has 0 aliphatic heterocycles. The largest absolute Gasteiger partial charge is 0.497 e. The Labute approximate surface area is 133 Å². The first-order valence-corrected chi connectivity index (χ1v) is 7.19. The van der Waals surface area contributed by atoms with E-state index in [4.69, 9.17) is 9.84 Å². The number of aromatic nitrogens is 2. The number of carboxylic acid groups (broad SMARTS) is 1. The molecule has 0 spiro atoms. The lowest BCUT2D eigenvalue weighted by atomic mass is 10.1. The van der Waals surface area contributed by atoms with Crippen LogP contribution in [0.25, 0.3) is 0 Å². The molecule has 1 amide bonds. The Morgan fingerprint density at radius 2 is 2.17 bits per heavy atom. The third-order valence-corrected chi connectivity index (χ3v) is 3.37. The van der Waals surface area contributed by atoms with Gasteiger partial charge in [0.15, 0.2) is 0 Å². The summed E-state index contributed by atoms with van der Waals surface area (Å²) < 4.78 is 6.61. The number of aliphatic carboxylic acids is 1. The van der Waals surface area contributed by atoms with Crippen molar-refractivity contribution in [3.05, 3.63) is 47.8 Å². The molecule has 0 saturated carbocycles. The van der Waals surface area contributed by atoms with Crippen LogP contribution in [0.15, 0.2) is 36.5 Å². The molecule has 1 unspecified atom stereocenters. The van der Waals surface area contributed by atoms with E-state index in [1.54, 1.807) is 19.4 Å². The average Bonchev–Trinajstić information content (AvgIpc) is 3.02. The second kappa shape index (κ2) is 7.44. The summed E-state index contributed by atoms with van der Waals surface area (Å²) >= 11 is 0. The number of nitrogens with one attached hydrogen (secondary N) is 1. The number of benzene rings is 1. The minimum absolute atomic E-state index is 0.0387. The maximum Gasteiger partial charge on any atom is 0.305 e. The number of amides is 1. The topological polar surface area (TPSA) is 93.5 Å². The number of hydrogen-bond donors (Lipinski definition) is 2. The van der Waals surface area contributed by atoms with Crippen molar-refractivity contribution in [3.63, 3.8) is 0 Å². The molecule has 2 aromatic rings. The van der Waals surface area contributed by atoms with Gasteiger partial charge in [-0.05, 0) is 30.7 Å². The normalized spacial score (nSPS) is 11.7. The van der Waals surface area contributed by atoms with E-state index in [1.807, 2.05) is 31.2 Å². The number of carboxylic acids is 1. The number of methoxy groups -OCH3 is 1. The molecule has 2 rings (SSSR count). The van der Waals surface area contributed by atoms with Gasteiger partial charge in [-0.1, -0.05) is 12.1 Å². The maximum atomic E-state index is 12.2. The Kier molecular flexibility index (Phi) is 5.35. The van der Waals surface area contributed by atoms with Crippen molar-refractivity contribution < 1.29 is 19.4 Å². The molecule has 1 heterocycles. The molecule has 2 N–H and O–H groups in total. The number of rotatable bonds is 7. The number of hydrogen-bond acceptors (Lipinski definition) is 4. The molecule has 0 aliphatic carbocycles. The zero-order valence-corrected chi connectivity index (χ0v) is 13.0. The van der Waals surface area contributed by atoms with Crippen molar-refractivity contribution in [2.45, 2.75) is 25.9 Å². The molecule has 0 fully saturated rings. The first kappa shape index (κ1) is 16.5. The SMILES string of the molecule is COc1cccc(C(C)NC(=O)c2ccn(CCC(=O)O)n2)c1. The Bertz CT molecular complexity index is 696. The second-order valence-corrected chi connectivity index (χ2v) is 5.08. The van der Waals surface area contributed by atoms with E-state index in [9.17, 15) is 9.59 Å². The third-order valence-electron chi connectivity index (χ3n) is 3.37. The molecule has 0 saturated heterocycles. The second-order valence-electron chi connectivity index (χ2n) is 5.08. The van der Waals surface area contributed by atoms with Crippen LogP contribution in [-0.2, 0) is 11.3 Å². The summed E-state index contributed by atoms with van der Waals surface area (Å²) in [7, 11) is 1.59. The van der Waals surface area contributed by atoms with Gasteiger partial charge in [0.05, 0.1) is 26.1 Å². The van der Waals surface area contributed by atoms with Crippen molar-refractivity contribution in [2.75, 3.05) is 7.11 Å². The first-order chi connectivity index (χ1) is 11.0. The Hall–Kier alpha value is -2.83. The van der Waals surface area contributed by atoms with Gasteiger partial charge in [0.2, 0.25) is 0 Å². The monoisotopic (exact) mass is 317 g/mol. The first-order valence-electron chi connectivity index (χ1n) is 7.19. The van der Waals surface area contributed by atoms with Crippen LogP contribution < -0.4 is 10.1 Å². The predicted molar refractivity (Wildman–Crippen MR) is 83.4 cm³/mol. The molecule has 7 heteroatoms. The summed E-state index contributed by atoms with van der Waals surface area (Å²) in [5.74, 6) is -0.492. The van der Waals surface area contributed by atoms with E-state index in [0.29, 0.717) is 0 Å². The fraction of sp³-hybridized carbons (Fsp3) is 0.312. The Balaban J connectivity index is 1.99. The van der Waals surface area contributed by atoms with Gasteiger partial charge in [-0.25, -0.2) is 0 Å². The molecule has 0 aliphatic rings. The molecule has 7 nitrogen and oxygen atoms in total. The standard InChI is InChI=1S/C16H19N3O4/c1-11(12-4-3-5-13(10-12)23-2)17-16(22)14-6-8-19(18-14)9-7-15(20)21/h3-6,8,10-11H,7,9H2,1-2H3,(H,17,22)(H,20,21). The van der Waals surface area contributed by atoms with Crippen molar-refractivity contribution in [1.29, 1.82) is 0 Å². The highest BCUT2D eigenvalue weighted by Gasteiger charge is 2.14. The molecule has 1 aromatic heterocycles. The van der Waals surface area contributed by atoms with Crippen LogP contribution in [0.1, 0.15) is 35.4 Å². The zero-order valence-electron chi connectivity index (χ0n) is 13.0. The zero-order chi connectivity index (χ0) is 16.8. The lowest BCUT2D eigenvalue weighted by Gasteiger charge is -2.14. The lowest BCUT2D eigenvalue weighted by molar-refractivity contribution is -0.137. The van der Waals surface area contributed by atoms with Crippen LogP contribution in [-0.4, -0.2) is 33.9 Å². The number of carbonyl (C=O) groups is 2. The molecular weight excluding hydrogens is 298 g/mol. The number of carbonyl (C=O) groups excluding carboxylic acids is 1. The number of nitrogens with zero attached hydrogens (tertiary/aromatic N) is 2. The molecule has 1 aromatic carbocycles. The van der Waals surface area contributed by atoms with Gasteiger partial charge in [-0.15, -0.1) is 0 Å². The van der Waals surface area contributed by atoms with Crippen LogP contribution in [0.5, 0.6) is 5.75 Å². The van der Waals surface area contributed by atoms with Crippen LogP contribution in [0.2, 0.25) is 0 Å². The maximum absolute atomic E-state index is 12.2. The molecule has 122 valence electrons. The van der Waals surface area contributed by atoms with E-state index in [-0.39, 0.29) is 30.6 Å². The van der Waals surface area contributed by atoms with Crippen LogP contribution >= 0.6 is 0 Å². The minimum Gasteiger partial charge on any atom is -0.497 e. The Morgan fingerprint density at radius 1 is 1.39 bits per heavy atom.